The predicted octanol–water partition coefficient (Wildman–Crippen LogP) is 3.45. The van der Waals surface area contributed by atoms with Gasteiger partial charge in [-0.3, -0.25) is 9.69 Å². The monoisotopic (exact) mass is 348 g/mol. The number of carbonyl (C=O) groups is 1. The number of halogens is 3. The second kappa shape index (κ2) is 7.70. The summed E-state index contributed by atoms with van der Waals surface area (Å²) in [4.78, 5) is 16.2. The van der Waals surface area contributed by atoms with Crippen molar-refractivity contribution in [2.75, 3.05) is 26.2 Å². The molecule has 2 aromatic carbocycles. The maximum atomic E-state index is 13.8. The van der Waals surface area contributed by atoms with E-state index in [1.165, 1.54) is 30.3 Å². The molecule has 3 rings (SSSR count). The van der Waals surface area contributed by atoms with Gasteiger partial charge in [-0.1, -0.05) is 0 Å². The van der Waals surface area contributed by atoms with E-state index in [2.05, 4.69) is 0 Å². The number of hydrogen-bond acceptors (Lipinski definition) is 2. The van der Waals surface area contributed by atoms with Gasteiger partial charge in [-0.15, -0.1) is 0 Å². The van der Waals surface area contributed by atoms with E-state index in [1.807, 2.05) is 4.90 Å². The Morgan fingerprint density at radius 2 is 1.60 bits per heavy atom. The van der Waals surface area contributed by atoms with Gasteiger partial charge in [0.25, 0.3) is 5.91 Å². The predicted molar refractivity (Wildman–Crippen MR) is 88.6 cm³/mol. The molecular weight excluding hydrogens is 329 g/mol. The van der Waals surface area contributed by atoms with Crippen LogP contribution in [0, 0.1) is 17.5 Å². The van der Waals surface area contributed by atoms with Gasteiger partial charge < -0.3 is 4.90 Å². The summed E-state index contributed by atoms with van der Waals surface area (Å²) in [5.41, 5.74) is 0.768. The fraction of sp³-hybridized carbons (Fsp3) is 0.316. The summed E-state index contributed by atoms with van der Waals surface area (Å²) in [6, 6.07) is 8.93. The van der Waals surface area contributed by atoms with Gasteiger partial charge in [-0.2, -0.15) is 0 Å². The first-order chi connectivity index (χ1) is 12.0. The molecule has 0 saturated carbocycles. The fourth-order valence-electron chi connectivity index (χ4n) is 3.01. The molecular formula is C19H19F3N2O. The van der Waals surface area contributed by atoms with Gasteiger partial charge in [0.1, 0.15) is 17.5 Å². The Morgan fingerprint density at radius 1 is 0.880 bits per heavy atom. The van der Waals surface area contributed by atoms with E-state index in [4.69, 9.17) is 0 Å². The van der Waals surface area contributed by atoms with E-state index in [-0.39, 0.29) is 11.7 Å². The summed E-state index contributed by atoms with van der Waals surface area (Å²) in [6.45, 7) is 2.65. The Bertz CT molecular complexity index is 749. The molecule has 0 radical (unpaired) electrons. The van der Waals surface area contributed by atoms with Gasteiger partial charge in [0, 0.05) is 43.9 Å². The molecule has 1 fully saturated rings. The maximum Gasteiger partial charge on any atom is 0.253 e. The third-order valence-corrected chi connectivity index (χ3v) is 4.37. The first kappa shape index (κ1) is 17.5. The Kier molecular flexibility index (Phi) is 5.38. The molecule has 0 aromatic heterocycles. The zero-order valence-corrected chi connectivity index (χ0v) is 13.7. The standard InChI is InChI=1S/C19H19F3N2O/c20-16-4-2-14(3-5-16)19(25)24-9-1-8-23(10-11-24)13-15-12-17(21)6-7-18(15)22/h2-7,12H,1,8-11,13H2. The van der Waals surface area contributed by atoms with E-state index in [0.717, 1.165) is 18.6 Å². The van der Waals surface area contributed by atoms with Crippen LogP contribution in [0.2, 0.25) is 0 Å². The quantitative estimate of drug-likeness (QED) is 0.848. The summed E-state index contributed by atoms with van der Waals surface area (Å²) in [6.07, 6.45) is 0.740. The van der Waals surface area contributed by atoms with Gasteiger partial charge in [0.15, 0.2) is 0 Å². The Morgan fingerprint density at radius 3 is 2.36 bits per heavy atom. The highest BCUT2D eigenvalue weighted by Crippen LogP contribution is 2.15. The summed E-state index contributed by atoms with van der Waals surface area (Å²) in [7, 11) is 0. The molecule has 0 bridgehead atoms. The molecule has 0 N–H and O–H groups in total. The minimum Gasteiger partial charge on any atom is -0.337 e. The molecule has 6 heteroatoms. The van der Waals surface area contributed by atoms with Gasteiger partial charge in [0.05, 0.1) is 0 Å². The highest BCUT2D eigenvalue weighted by atomic mass is 19.1. The Balaban J connectivity index is 1.63. The molecule has 0 aliphatic carbocycles. The number of amides is 1. The van der Waals surface area contributed by atoms with Gasteiger partial charge in [-0.05, 0) is 48.9 Å². The molecule has 0 spiro atoms. The van der Waals surface area contributed by atoms with Crippen LogP contribution in [-0.4, -0.2) is 41.9 Å². The van der Waals surface area contributed by atoms with Crippen molar-refractivity contribution in [3.8, 4) is 0 Å². The highest BCUT2D eigenvalue weighted by molar-refractivity contribution is 5.94. The topological polar surface area (TPSA) is 23.6 Å². The van der Waals surface area contributed by atoms with Gasteiger partial charge in [-0.25, -0.2) is 13.2 Å². The lowest BCUT2D eigenvalue weighted by Crippen LogP contribution is -2.35. The van der Waals surface area contributed by atoms with Crippen molar-refractivity contribution in [2.45, 2.75) is 13.0 Å². The molecule has 1 aliphatic rings. The molecule has 0 atom stereocenters. The average molecular weight is 348 g/mol. The zero-order chi connectivity index (χ0) is 17.8. The average Bonchev–Trinajstić information content (AvgIpc) is 2.84. The van der Waals surface area contributed by atoms with Gasteiger partial charge in [0.2, 0.25) is 0 Å². The molecule has 132 valence electrons. The number of carbonyl (C=O) groups excluding carboxylic acids is 1. The molecule has 1 saturated heterocycles. The van der Waals surface area contributed by atoms with Crippen molar-refractivity contribution in [3.63, 3.8) is 0 Å². The van der Waals surface area contributed by atoms with E-state index < -0.39 is 11.6 Å². The second-order valence-corrected chi connectivity index (χ2v) is 6.16. The van der Waals surface area contributed by atoms with Crippen LogP contribution in [0.15, 0.2) is 42.5 Å². The smallest absolute Gasteiger partial charge is 0.253 e. The van der Waals surface area contributed by atoms with Crippen LogP contribution in [-0.2, 0) is 6.54 Å². The zero-order valence-electron chi connectivity index (χ0n) is 13.7. The van der Waals surface area contributed by atoms with Crippen molar-refractivity contribution < 1.29 is 18.0 Å². The van der Waals surface area contributed by atoms with E-state index in [9.17, 15) is 18.0 Å². The molecule has 1 amide bonds. The lowest BCUT2D eigenvalue weighted by Gasteiger charge is -2.22. The van der Waals surface area contributed by atoms with E-state index >= 15 is 0 Å². The lowest BCUT2D eigenvalue weighted by molar-refractivity contribution is 0.0761. The Labute approximate surface area is 144 Å². The second-order valence-electron chi connectivity index (χ2n) is 6.16. The van der Waals surface area contributed by atoms with Crippen LogP contribution in [0.4, 0.5) is 13.2 Å². The summed E-state index contributed by atoms with van der Waals surface area (Å²) < 4.78 is 40.1. The minimum atomic E-state index is -0.459. The maximum absolute atomic E-state index is 13.8. The van der Waals surface area contributed by atoms with Crippen LogP contribution >= 0.6 is 0 Å². The largest absolute Gasteiger partial charge is 0.337 e. The lowest BCUT2D eigenvalue weighted by atomic mass is 10.2. The number of nitrogens with zero attached hydrogens (tertiary/aromatic N) is 2. The minimum absolute atomic E-state index is 0.140. The van der Waals surface area contributed by atoms with E-state index in [0.29, 0.717) is 43.9 Å². The first-order valence-corrected chi connectivity index (χ1v) is 8.24. The molecule has 3 nitrogen and oxygen atoms in total. The SMILES string of the molecule is O=C(c1ccc(F)cc1)N1CCCN(Cc2cc(F)ccc2F)CC1. The number of rotatable bonds is 3. The molecule has 1 heterocycles. The molecule has 1 aliphatic heterocycles. The van der Waals surface area contributed by atoms with Gasteiger partial charge >= 0.3 is 0 Å². The Hall–Kier alpha value is -2.34. The van der Waals surface area contributed by atoms with Crippen molar-refractivity contribution in [3.05, 3.63) is 71.0 Å². The van der Waals surface area contributed by atoms with Crippen molar-refractivity contribution in [1.82, 2.24) is 9.80 Å². The number of benzene rings is 2. The van der Waals surface area contributed by atoms with Crippen LogP contribution in [0.25, 0.3) is 0 Å². The van der Waals surface area contributed by atoms with Crippen molar-refractivity contribution in [1.29, 1.82) is 0 Å². The first-order valence-electron chi connectivity index (χ1n) is 8.24. The summed E-state index contributed by atoms with van der Waals surface area (Å²) in [5.74, 6) is -1.40. The molecule has 2 aromatic rings. The molecule has 25 heavy (non-hydrogen) atoms. The van der Waals surface area contributed by atoms with Crippen LogP contribution in [0.1, 0.15) is 22.3 Å². The third kappa shape index (κ3) is 4.39. The molecule has 0 unspecified atom stereocenters. The normalized spacial score (nSPS) is 15.9. The van der Waals surface area contributed by atoms with Crippen LogP contribution < -0.4 is 0 Å². The van der Waals surface area contributed by atoms with Crippen LogP contribution in [0.5, 0.6) is 0 Å². The summed E-state index contributed by atoms with van der Waals surface area (Å²) >= 11 is 0. The van der Waals surface area contributed by atoms with Crippen LogP contribution in [0.3, 0.4) is 0 Å². The fourth-order valence-corrected chi connectivity index (χ4v) is 3.01. The van der Waals surface area contributed by atoms with E-state index in [1.54, 1.807) is 4.90 Å². The highest BCUT2D eigenvalue weighted by Gasteiger charge is 2.21. The van der Waals surface area contributed by atoms with Crippen molar-refractivity contribution in [2.24, 2.45) is 0 Å². The summed E-state index contributed by atoms with van der Waals surface area (Å²) in [5, 5.41) is 0. The van der Waals surface area contributed by atoms with Crippen molar-refractivity contribution >= 4 is 5.91 Å². The third-order valence-electron chi connectivity index (χ3n) is 4.37. The number of hydrogen-bond donors (Lipinski definition) is 0.